The smallest absolute Gasteiger partial charge is 0.224 e. The molecule has 9 heteroatoms. The largest absolute Gasteiger partial charge is 0.380 e. The van der Waals surface area contributed by atoms with Gasteiger partial charge in [-0.3, -0.25) is 14.4 Å². The molecule has 0 N–H and O–H groups in total. The Hall–Kier alpha value is -2.97. The summed E-state index contributed by atoms with van der Waals surface area (Å²) < 4.78 is 9.48. The highest BCUT2D eigenvalue weighted by Gasteiger charge is 2.37. The fourth-order valence-corrected chi connectivity index (χ4v) is 4.95. The lowest BCUT2D eigenvalue weighted by atomic mass is 9.88. The number of halogens is 1. The van der Waals surface area contributed by atoms with Crippen LogP contribution >= 0.6 is 11.6 Å². The van der Waals surface area contributed by atoms with Crippen LogP contribution in [0.15, 0.2) is 35.5 Å². The normalized spacial score (nSPS) is 18.4. The maximum absolute atomic E-state index is 13.3. The molecule has 34 heavy (non-hydrogen) atoms. The lowest BCUT2D eigenvalue weighted by molar-refractivity contribution is -0.142. The Labute approximate surface area is 204 Å². The van der Waals surface area contributed by atoms with Gasteiger partial charge < -0.3 is 14.2 Å². The minimum atomic E-state index is -0.468. The summed E-state index contributed by atoms with van der Waals surface area (Å²) in [5.74, 6) is 1.46. The standard InChI is InChI=1S/C25H29ClN6O2/c1-15-22-20(11-30(15)4)32-16(2)28-29-24(32)19(27-23(22)17-6-8-18(26)9-7-17)10-21(33)31(5)12-25(3)13-34-14-25/h6-9,11,19H,10,12-14H2,1-5H3/t19-/m0/s1. The molecule has 2 aliphatic heterocycles. The number of ether oxygens (including phenoxy) is 1. The second-order valence-corrected chi connectivity index (χ2v) is 10.2. The van der Waals surface area contributed by atoms with Crippen molar-refractivity contribution in [2.45, 2.75) is 33.2 Å². The Morgan fingerprint density at radius 2 is 1.94 bits per heavy atom. The third-order valence-corrected chi connectivity index (χ3v) is 7.06. The van der Waals surface area contributed by atoms with Gasteiger partial charge in [0.15, 0.2) is 5.82 Å². The Kier molecular flexibility index (Phi) is 5.61. The molecule has 1 aromatic carbocycles. The molecule has 1 amide bonds. The monoisotopic (exact) mass is 480 g/mol. The number of aromatic nitrogens is 4. The molecule has 4 heterocycles. The number of hydrogen-bond acceptors (Lipinski definition) is 5. The van der Waals surface area contributed by atoms with E-state index >= 15 is 0 Å². The van der Waals surface area contributed by atoms with Crippen molar-refractivity contribution in [2.24, 2.45) is 17.5 Å². The van der Waals surface area contributed by atoms with Gasteiger partial charge in [-0.2, -0.15) is 0 Å². The van der Waals surface area contributed by atoms with Gasteiger partial charge in [-0.15, -0.1) is 10.2 Å². The van der Waals surface area contributed by atoms with Gasteiger partial charge in [0.25, 0.3) is 0 Å². The third kappa shape index (κ3) is 3.84. The number of fused-ring (bicyclic) bond motifs is 3. The van der Waals surface area contributed by atoms with E-state index in [0.717, 1.165) is 34.0 Å². The van der Waals surface area contributed by atoms with Crippen molar-refractivity contribution in [1.82, 2.24) is 24.2 Å². The van der Waals surface area contributed by atoms with Gasteiger partial charge in [-0.25, -0.2) is 0 Å². The number of carbonyl (C=O) groups is 1. The average molecular weight is 481 g/mol. The molecule has 0 unspecified atom stereocenters. The molecule has 8 nitrogen and oxygen atoms in total. The summed E-state index contributed by atoms with van der Waals surface area (Å²) >= 11 is 6.17. The Bertz CT molecular complexity index is 1290. The first-order chi connectivity index (χ1) is 16.2. The molecule has 1 atom stereocenters. The molecule has 3 aromatic rings. The summed E-state index contributed by atoms with van der Waals surface area (Å²) in [6.45, 7) is 8.15. The maximum atomic E-state index is 13.3. The molecule has 0 radical (unpaired) electrons. The zero-order chi connectivity index (χ0) is 24.2. The highest BCUT2D eigenvalue weighted by Crippen LogP contribution is 2.35. The van der Waals surface area contributed by atoms with Gasteiger partial charge in [0, 0.05) is 54.1 Å². The number of aryl methyl sites for hydroxylation is 2. The number of amides is 1. The van der Waals surface area contributed by atoms with Crippen LogP contribution in [0.3, 0.4) is 0 Å². The lowest BCUT2D eigenvalue weighted by Gasteiger charge is -2.40. The van der Waals surface area contributed by atoms with Gasteiger partial charge in [-0.05, 0) is 26.0 Å². The average Bonchev–Trinajstić information content (AvgIpc) is 3.25. The number of benzene rings is 1. The van der Waals surface area contributed by atoms with Crippen LogP contribution in [0.25, 0.3) is 5.69 Å². The minimum absolute atomic E-state index is 0.0105. The van der Waals surface area contributed by atoms with Crippen molar-refractivity contribution in [3.05, 3.63) is 64.0 Å². The predicted molar refractivity (Wildman–Crippen MR) is 131 cm³/mol. The molecule has 0 saturated carbocycles. The molecule has 2 aliphatic rings. The third-order valence-electron chi connectivity index (χ3n) is 6.80. The first-order valence-corrected chi connectivity index (χ1v) is 11.8. The molecule has 0 bridgehead atoms. The van der Waals surface area contributed by atoms with Crippen molar-refractivity contribution in [3.63, 3.8) is 0 Å². The number of rotatable bonds is 5. The Morgan fingerprint density at radius 1 is 1.24 bits per heavy atom. The zero-order valence-corrected chi connectivity index (χ0v) is 20.9. The summed E-state index contributed by atoms with van der Waals surface area (Å²) in [5, 5.41) is 9.49. The van der Waals surface area contributed by atoms with E-state index in [0.29, 0.717) is 30.6 Å². The van der Waals surface area contributed by atoms with E-state index in [1.807, 2.05) is 49.9 Å². The number of nitrogens with zero attached hydrogens (tertiary/aromatic N) is 6. The highest BCUT2D eigenvalue weighted by atomic mass is 35.5. The fraction of sp³-hybridized carbons (Fsp3) is 0.440. The molecule has 1 saturated heterocycles. The van der Waals surface area contributed by atoms with Crippen LogP contribution in [-0.4, -0.2) is 62.7 Å². The van der Waals surface area contributed by atoms with Crippen molar-refractivity contribution in [2.75, 3.05) is 26.8 Å². The van der Waals surface area contributed by atoms with E-state index in [4.69, 9.17) is 21.3 Å². The van der Waals surface area contributed by atoms with Crippen molar-refractivity contribution < 1.29 is 9.53 Å². The van der Waals surface area contributed by atoms with Crippen LogP contribution in [0.1, 0.15) is 47.9 Å². The Morgan fingerprint density at radius 3 is 2.59 bits per heavy atom. The summed E-state index contributed by atoms with van der Waals surface area (Å²) in [6.07, 6.45) is 2.28. The Balaban J connectivity index is 1.59. The van der Waals surface area contributed by atoms with E-state index in [2.05, 4.69) is 34.8 Å². The van der Waals surface area contributed by atoms with E-state index in [9.17, 15) is 4.79 Å². The minimum Gasteiger partial charge on any atom is -0.380 e. The van der Waals surface area contributed by atoms with E-state index in [1.165, 1.54) is 0 Å². The first-order valence-electron chi connectivity index (χ1n) is 11.4. The topological polar surface area (TPSA) is 77.5 Å². The van der Waals surface area contributed by atoms with Crippen LogP contribution < -0.4 is 0 Å². The van der Waals surface area contributed by atoms with Crippen molar-refractivity contribution in [3.8, 4) is 5.69 Å². The molecule has 1 fully saturated rings. The van der Waals surface area contributed by atoms with Gasteiger partial charge in [0.1, 0.15) is 11.9 Å². The molecule has 0 aliphatic carbocycles. The predicted octanol–water partition coefficient (Wildman–Crippen LogP) is 3.65. The van der Waals surface area contributed by atoms with Gasteiger partial charge in [0.05, 0.1) is 31.0 Å². The molecule has 5 rings (SSSR count). The SMILES string of the molecule is Cc1c2c(cn1C)-n1c(C)nnc1[C@H](CC(=O)N(C)CC1(C)COC1)N=C2c1ccc(Cl)cc1. The fourth-order valence-electron chi connectivity index (χ4n) is 4.83. The van der Waals surface area contributed by atoms with E-state index < -0.39 is 6.04 Å². The van der Waals surface area contributed by atoms with Gasteiger partial charge >= 0.3 is 0 Å². The van der Waals surface area contributed by atoms with Gasteiger partial charge in [-0.1, -0.05) is 30.7 Å². The lowest BCUT2D eigenvalue weighted by Crippen LogP contribution is -2.49. The quantitative estimate of drug-likeness (QED) is 0.558. The summed E-state index contributed by atoms with van der Waals surface area (Å²) in [5.41, 5.74) is 4.84. The first kappa shape index (κ1) is 22.8. The summed E-state index contributed by atoms with van der Waals surface area (Å²) in [4.78, 5) is 20.3. The van der Waals surface area contributed by atoms with Crippen molar-refractivity contribution in [1.29, 1.82) is 0 Å². The maximum Gasteiger partial charge on any atom is 0.224 e. The summed E-state index contributed by atoms with van der Waals surface area (Å²) in [6, 6.07) is 7.20. The van der Waals surface area contributed by atoms with E-state index in [-0.39, 0.29) is 17.7 Å². The van der Waals surface area contributed by atoms with Crippen molar-refractivity contribution >= 4 is 23.2 Å². The zero-order valence-electron chi connectivity index (χ0n) is 20.2. The summed E-state index contributed by atoms with van der Waals surface area (Å²) in [7, 11) is 3.87. The highest BCUT2D eigenvalue weighted by molar-refractivity contribution is 6.30. The van der Waals surface area contributed by atoms with Gasteiger partial charge in [0.2, 0.25) is 5.91 Å². The number of hydrogen-bond donors (Lipinski definition) is 0. The van der Waals surface area contributed by atoms with E-state index in [1.54, 1.807) is 4.90 Å². The molecule has 2 aromatic heterocycles. The van der Waals surface area contributed by atoms with Crippen LogP contribution in [0.4, 0.5) is 0 Å². The van der Waals surface area contributed by atoms with Crippen LogP contribution in [0.2, 0.25) is 5.02 Å². The molecular weight excluding hydrogens is 452 g/mol. The molecule has 0 spiro atoms. The number of carbonyl (C=O) groups excluding carboxylic acids is 1. The second-order valence-electron chi connectivity index (χ2n) is 9.78. The number of aliphatic imine (C=N–C) groups is 1. The van der Waals surface area contributed by atoms with Crippen LogP contribution in [0, 0.1) is 19.3 Å². The van der Waals surface area contributed by atoms with Crippen LogP contribution in [-0.2, 0) is 16.6 Å². The molecular formula is C25H29ClN6O2. The second kappa shape index (κ2) is 8.36. The molecule has 178 valence electrons. The van der Waals surface area contributed by atoms with Crippen LogP contribution in [0.5, 0.6) is 0 Å².